The summed E-state index contributed by atoms with van der Waals surface area (Å²) in [5.41, 5.74) is 1.62. The largest absolute Gasteiger partial charge is 0.494 e. The molecule has 3 aromatic rings. The molecule has 0 saturated heterocycles. The Labute approximate surface area is 167 Å². The number of carbonyl (C=O) groups is 1. The zero-order valence-corrected chi connectivity index (χ0v) is 16.4. The summed E-state index contributed by atoms with van der Waals surface area (Å²) in [5.74, 6) is 0.820. The Morgan fingerprint density at radius 1 is 1.14 bits per heavy atom. The van der Waals surface area contributed by atoms with Crippen LogP contribution in [-0.2, 0) is 11.3 Å². The number of anilines is 1. The van der Waals surface area contributed by atoms with E-state index in [4.69, 9.17) is 16.3 Å². The van der Waals surface area contributed by atoms with E-state index in [0.717, 1.165) is 5.75 Å². The Kier molecular flexibility index (Phi) is 6.11. The second-order valence-corrected chi connectivity index (χ2v) is 6.59. The van der Waals surface area contributed by atoms with Crippen LogP contribution < -0.4 is 15.6 Å². The van der Waals surface area contributed by atoms with Crippen LogP contribution in [0, 0.1) is 6.92 Å². The first kappa shape index (κ1) is 19.6. The highest BCUT2D eigenvalue weighted by molar-refractivity contribution is 6.30. The predicted octanol–water partition coefficient (Wildman–Crippen LogP) is 3.91. The van der Waals surface area contributed by atoms with Crippen LogP contribution in [0.4, 0.5) is 5.69 Å². The number of nitrogens with one attached hydrogen (secondary N) is 1. The molecule has 28 heavy (non-hydrogen) atoms. The Morgan fingerprint density at radius 2 is 1.82 bits per heavy atom. The average Bonchev–Trinajstić information content (AvgIpc) is 2.66. The average molecular weight is 398 g/mol. The predicted molar refractivity (Wildman–Crippen MR) is 110 cm³/mol. The van der Waals surface area contributed by atoms with Gasteiger partial charge in [-0.1, -0.05) is 11.6 Å². The lowest BCUT2D eigenvalue weighted by atomic mass is 10.2. The molecular formula is C21H20ClN3O3. The number of aryl methyl sites for hydroxylation is 1. The van der Waals surface area contributed by atoms with Crippen LogP contribution in [0.1, 0.15) is 12.6 Å². The third-order valence-electron chi connectivity index (χ3n) is 3.99. The molecule has 6 nitrogen and oxygen atoms in total. The molecule has 0 spiro atoms. The maximum Gasteiger partial charge on any atom is 0.254 e. The Hall–Kier alpha value is -3.12. The summed E-state index contributed by atoms with van der Waals surface area (Å²) >= 11 is 5.94. The highest BCUT2D eigenvalue weighted by Gasteiger charge is 2.13. The standard InChI is InChI=1S/C21H20ClN3O3/c1-3-28-18-10-8-17(9-11-18)24-19(26)13-25-20(27)12-14(2)23-21(25)15-4-6-16(22)7-5-15/h4-12H,3,13H2,1-2H3,(H,24,26). The zero-order chi connectivity index (χ0) is 20.1. The van der Waals surface area contributed by atoms with Crippen molar-refractivity contribution >= 4 is 23.2 Å². The summed E-state index contributed by atoms with van der Waals surface area (Å²) in [6.07, 6.45) is 0. The van der Waals surface area contributed by atoms with E-state index in [2.05, 4.69) is 10.3 Å². The zero-order valence-electron chi connectivity index (χ0n) is 15.6. The van der Waals surface area contributed by atoms with Crippen LogP contribution >= 0.6 is 11.6 Å². The smallest absolute Gasteiger partial charge is 0.254 e. The number of carbonyl (C=O) groups excluding carboxylic acids is 1. The maximum absolute atomic E-state index is 12.5. The number of benzene rings is 2. The maximum atomic E-state index is 12.5. The lowest BCUT2D eigenvalue weighted by molar-refractivity contribution is -0.116. The second kappa shape index (κ2) is 8.71. The molecule has 1 amide bonds. The van der Waals surface area contributed by atoms with Crippen molar-refractivity contribution in [2.24, 2.45) is 0 Å². The second-order valence-electron chi connectivity index (χ2n) is 6.16. The number of nitrogens with zero attached hydrogens (tertiary/aromatic N) is 2. The number of halogens is 1. The van der Waals surface area contributed by atoms with Crippen molar-refractivity contribution in [1.29, 1.82) is 0 Å². The molecule has 0 aliphatic rings. The lowest BCUT2D eigenvalue weighted by Crippen LogP contribution is -2.29. The lowest BCUT2D eigenvalue weighted by Gasteiger charge is -2.13. The summed E-state index contributed by atoms with van der Waals surface area (Å²) in [6, 6.07) is 15.4. The molecule has 3 rings (SSSR count). The van der Waals surface area contributed by atoms with Gasteiger partial charge in [-0.25, -0.2) is 4.98 Å². The first-order chi connectivity index (χ1) is 13.5. The first-order valence-corrected chi connectivity index (χ1v) is 9.21. The fraction of sp³-hybridized carbons (Fsp3) is 0.190. The summed E-state index contributed by atoms with van der Waals surface area (Å²) in [5, 5.41) is 3.37. The summed E-state index contributed by atoms with van der Waals surface area (Å²) < 4.78 is 6.73. The number of hydrogen-bond donors (Lipinski definition) is 1. The van der Waals surface area contributed by atoms with Crippen LogP contribution in [0.25, 0.3) is 11.4 Å². The van der Waals surface area contributed by atoms with Gasteiger partial charge in [0.2, 0.25) is 5.91 Å². The molecule has 2 aromatic carbocycles. The number of hydrogen-bond acceptors (Lipinski definition) is 4. The van der Waals surface area contributed by atoms with Gasteiger partial charge >= 0.3 is 0 Å². The van der Waals surface area contributed by atoms with Gasteiger partial charge in [-0.3, -0.25) is 14.2 Å². The summed E-state index contributed by atoms with van der Waals surface area (Å²) in [4.78, 5) is 29.5. The molecule has 0 radical (unpaired) electrons. The minimum atomic E-state index is -0.327. The molecule has 0 aliphatic carbocycles. The third kappa shape index (κ3) is 4.78. The number of ether oxygens (including phenoxy) is 1. The van der Waals surface area contributed by atoms with Gasteiger partial charge in [0, 0.05) is 28.0 Å². The highest BCUT2D eigenvalue weighted by atomic mass is 35.5. The molecule has 0 bridgehead atoms. The van der Waals surface area contributed by atoms with E-state index in [0.29, 0.717) is 34.4 Å². The molecule has 1 N–H and O–H groups in total. The van der Waals surface area contributed by atoms with Gasteiger partial charge in [-0.2, -0.15) is 0 Å². The number of rotatable bonds is 6. The molecule has 1 aromatic heterocycles. The van der Waals surface area contributed by atoms with Gasteiger partial charge in [-0.15, -0.1) is 0 Å². The third-order valence-corrected chi connectivity index (χ3v) is 4.24. The minimum absolute atomic E-state index is 0.155. The summed E-state index contributed by atoms with van der Waals surface area (Å²) in [7, 11) is 0. The Morgan fingerprint density at radius 3 is 2.46 bits per heavy atom. The van der Waals surface area contributed by atoms with Crippen molar-refractivity contribution in [3.63, 3.8) is 0 Å². The van der Waals surface area contributed by atoms with E-state index in [1.54, 1.807) is 55.5 Å². The van der Waals surface area contributed by atoms with E-state index in [1.165, 1.54) is 10.6 Å². The van der Waals surface area contributed by atoms with E-state index >= 15 is 0 Å². The van der Waals surface area contributed by atoms with Gasteiger partial charge in [0.15, 0.2) is 0 Å². The van der Waals surface area contributed by atoms with Crippen LogP contribution in [0.5, 0.6) is 5.75 Å². The minimum Gasteiger partial charge on any atom is -0.494 e. The van der Waals surface area contributed by atoms with Crippen LogP contribution in [-0.4, -0.2) is 22.1 Å². The van der Waals surface area contributed by atoms with Gasteiger partial charge < -0.3 is 10.1 Å². The molecule has 0 saturated carbocycles. The first-order valence-electron chi connectivity index (χ1n) is 8.83. The Balaban J connectivity index is 1.84. The Bertz CT molecular complexity index is 1030. The molecule has 0 aliphatic heterocycles. The quantitative estimate of drug-likeness (QED) is 0.684. The molecule has 144 valence electrons. The SMILES string of the molecule is CCOc1ccc(NC(=O)Cn2c(-c3ccc(Cl)cc3)nc(C)cc2=O)cc1. The molecule has 0 unspecified atom stereocenters. The molecule has 7 heteroatoms. The number of aromatic nitrogens is 2. The topological polar surface area (TPSA) is 73.2 Å². The molecular weight excluding hydrogens is 378 g/mol. The van der Waals surface area contributed by atoms with Crippen LogP contribution in [0.15, 0.2) is 59.4 Å². The summed E-state index contributed by atoms with van der Waals surface area (Å²) in [6.45, 7) is 4.06. The van der Waals surface area contributed by atoms with Gasteiger partial charge in [-0.05, 0) is 62.4 Å². The van der Waals surface area contributed by atoms with E-state index in [1.807, 2.05) is 6.92 Å². The number of amides is 1. The fourth-order valence-corrected chi connectivity index (χ4v) is 2.86. The molecule has 0 fully saturated rings. The van der Waals surface area contributed by atoms with Crippen molar-refractivity contribution in [2.75, 3.05) is 11.9 Å². The normalized spacial score (nSPS) is 10.5. The van der Waals surface area contributed by atoms with Crippen LogP contribution in [0.3, 0.4) is 0 Å². The van der Waals surface area contributed by atoms with Gasteiger partial charge in [0.1, 0.15) is 18.1 Å². The van der Waals surface area contributed by atoms with Crippen LogP contribution in [0.2, 0.25) is 5.02 Å². The van der Waals surface area contributed by atoms with Crippen molar-refractivity contribution < 1.29 is 9.53 Å². The fourth-order valence-electron chi connectivity index (χ4n) is 2.74. The monoisotopic (exact) mass is 397 g/mol. The van der Waals surface area contributed by atoms with E-state index < -0.39 is 0 Å². The van der Waals surface area contributed by atoms with E-state index in [9.17, 15) is 9.59 Å². The van der Waals surface area contributed by atoms with E-state index in [-0.39, 0.29) is 18.0 Å². The molecule has 0 atom stereocenters. The van der Waals surface area contributed by atoms with Gasteiger partial charge in [0.05, 0.1) is 6.61 Å². The van der Waals surface area contributed by atoms with Gasteiger partial charge in [0.25, 0.3) is 5.56 Å². The van der Waals surface area contributed by atoms with Crippen molar-refractivity contribution in [2.45, 2.75) is 20.4 Å². The van der Waals surface area contributed by atoms with Crippen molar-refractivity contribution in [1.82, 2.24) is 9.55 Å². The van der Waals surface area contributed by atoms with Crippen molar-refractivity contribution in [3.8, 4) is 17.1 Å². The molecule has 1 heterocycles. The van der Waals surface area contributed by atoms with Crippen molar-refractivity contribution in [3.05, 3.63) is 75.7 Å². The highest BCUT2D eigenvalue weighted by Crippen LogP contribution is 2.20.